The Labute approximate surface area is 185 Å². The van der Waals surface area contributed by atoms with Crippen molar-refractivity contribution < 1.29 is 13.5 Å². The third-order valence-electron chi connectivity index (χ3n) is 6.63. The van der Waals surface area contributed by atoms with E-state index in [1.165, 1.54) is 0 Å². The highest BCUT2D eigenvalue weighted by molar-refractivity contribution is 5.73. The number of morpholine rings is 1. The molecule has 0 bridgehead atoms. The zero-order valence-corrected chi connectivity index (χ0v) is 18.2. The van der Waals surface area contributed by atoms with Gasteiger partial charge in [-0.25, -0.2) is 23.7 Å². The number of rotatable bonds is 5. The highest BCUT2D eigenvalue weighted by atomic mass is 19.3. The van der Waals surface area contributed by atoms with E-state index < -0.39 is 6.43 Å². The van der Waals surface area contributed by atoms with Gasteiger partial charge in [0.1, 0.15) is 5.82 Å². The second-order valence-corrected chi connectivity index (χ2v) is 8.88. The molecule has 5 rings (SSSR count). The van der Waals surface area contributed by atoms with Crippen LogP contribution in [0.4, 0.5) is 26.5 Å². The van der Waals surface area contributed by atoms with Crippen molar-refractivity contribution in [1.29, 1.82) is 0 Å². The van der Waals surface area contributed by atoms with Crippen LogP contribution in [-0.2, 0) is 11.2 Å². The lowest BCUT2D eigenvalue weighted by atomic mass is 9.99. The molecule has 172 valence electrons. The summed E-state index contributed by atoms with van der Waals surface area (Å²) in [5, 5.41) is 0. The van der Waals surface area contributed by atoms with E-state index in [9.17, 15) is 8.78 Å². The monoisotopic (exact) mass is 446 g/mol. The summed E-state index contributed by atoms with van der Waals surface area (Å²) < 4.78 is 31.4. The number of alkyl halides is 2. The number of likely N-dealkylation sites (tertiary alicyclic amines) is 1. The van der Waals surface area contributed by atoms with Crippen molar-refractivity contribution >= 4 is 17.7 Å². The number of anilines is 3. The van der Waals surface area contributed by atoms with Crippen molar-refractivity contribution in [3.63, 3.8) is 0 Å². The first-order valence-corrected chi connectivity index (χ1v) is 11.0. The first-order valence-electron chi connectivity index (χ1n) is 11.0. The van der Waals surface area contributed by atoms with Gasteiger partial charge in [0.25, 0.3) is 6.43 Å². The summed E-state index contributed by atoms with van der Waals surface area (Å²) in [6.07, 6.45) is 2.66. The van der Waals surface area contributed by atoms with Gasteiger partial charge in [0.15, 0.2) is 0 Å². The Bertz CT molecular complexity index is 969. The molecule has 0 radical (unpaired) electrons. The summed E-state index contributed by atoms with van der Waals surface area (Å²) in [6.45, 7) is 6.68. The molecule has 3 aliphatic rings. The van der Waals surface area contributed by atoms with Gasteiger partial charge in [0, 0.05) is 56.2 Å². The molecule has 2 aromatic rings. The van der Waals surface area contributed by atoms with Gasteiger partial charge in [-0.05, 0) is 19.8 Å². The zero-order chi connectivity index (χ0) is 22.3. The minimum absolute atomic E-state index is 0.187. The van der Waals surface area contributed by atoms with Crippen molar-refractivity contribution in [2.75, 3.05) is 68.0 Å². The summed E-state index contributed by atoms with van der Waals surface area (Å²) in [4.78, 5) is 24.5. The first kappa shape index (κ1) is 21.2. The largest absolute Gasteiger partial charge is 0.378 e. The fourth-order valence-corrected chi connectivity index (χ4v) is 4.98. The Hall–Kier alpha value is -2.66. The number of hydrogen-bond donors (Lipinski definition) is 1. The molecule has 11 heteroatoms. The van der Waals surface area contributed by atoms with Crippen molar-refractivity contribution in [2.45, 2.75) is 31.7 Å². The number of nitrogen functional groups attached to an aromatic ring is 1. The van der Waals surface area contributed by atoms with Crippen LogP contribution in [0.5, 0.6) is 0 Å². The molecule has 3 aliphatic heterocycles. The van der Waals surface area contributed by atoms with Crippen LogP contribution in [0, 0.1) is 0 Å². The van der Waals surface area contributed by atoms with Gasteiger partial charge in [-0.3, -0.25) is 4.90 Å². The Morgan fingerprint density at radius 1 is 1.12 bits per heavy atom. The molecule has 2 aromatic heterocycles. The fraction of sp³-hybridized carbons (Fsp3) is 0.619. The van der Waals surface area contributed by atoms with Gasteiger partial charge in [-0.15, -0.1) is 0 Å². The number of fused-ring (bicyclic) bond motifs is 1. The van der Waals surface area contributed by atoms with Gasteiger partial charge in [0.05, 0.1) is 31.0 Å². The molecule has 0 aliphatic carbocycles. The minimum Gasteiger partial charge on any atom is -0.378 e. The second-order valence-electron chi connectivity index (χ2n) is 8.88. The van der Waals surface area contributed by atoms with E-state index in [2.05, 4.69) is 26.7 Å². The lowest BCUT2D eigenvalue weighted by Gasteiger charge is -2.37. The molecular weight excluding hydrogens is 418 g/mol. The smallest absolute Gasteiger partial charge is 0.251 e. The average Bonchev–Trinajstić information content (AvgIpc) is 3.38. The number of aromatic nitrogens is 4. The fourth-order valence-electron chi connectivity index (χ4n) is 4.98. The predicted molar refractivity (Wildman–Crippen MR) is 117 cm³/mol. The highest BCUT2D eigenvalue weighted by Gasteiger charge is 2.43. The molecule has 32 heavy (non-hydrogen) atoms. The van der Waals surface area contributed by atoms with Gasteiger partial charge < -0.3 is 20.3 Å². The Balaban J connectivity index is 1.54. The Morgan fingerprint density at radius 3 is 2.59 bits per heavy atom. The number of halogens is 2. The van der Waals surface area contributed by atoms with Crippen LogP contribution in [0.3, 0.4) is 0 Å². The third kappa shape index (κ3) is 3.95. The van der Waals surface area contributed by atoms with Crippen molar-refractivity contribution in [3.8, 4) is 11.3 Å². The minimum atomic E-state index is -2.32. The summed E-state index contributed by atoms with van der Waals surface area (Å²) in [7, 11) is 0. The van der Waals surface area contributed by atoms with Crippen LogP contribution < -0.4 is 15.5 Å². The molecule has 5 heterocycles. The maximum absolute atomic E-state index is 13.0. The summed E-state index contributed by atoms with van der Waals surface area (Å²) >= 11 is 0. The highest BCUT2D eigenvalue weighted by Crippen LogP contribution is 2.41. The molecule has 0 amide bonds. The quantitative estimate of drug-likeness (QED) is 0.732. The molecule has 9 nitrogen and oxygen atoms in total. The van der Waals surface area contributed by atoms with Crippen LogP contribution >= 0.6 is 0 Å². The molecule has 2 N–H and O–H groups in total. The summed E-state index contributed by atoms with van der Waals surface area (Å²) in [5.41, 5.74) is 8.08. The van der Waals surface area contributed by atoms with Crippen LogP contribution in [-0.4, -0.2) is 89.3 Å². The van der Waals surface area contributed by atoms with Gasteiger partial charge >= 0.3 is 0 Å². The molecule has 0 unspecified atom stereocenters. The van der Waals surface area contributed by atoms with E-state index in [-0.39, 0.29) is 18.0 Å². The molecule has 0 saturated carbocycles. The van der Waals surface area contributed by atoms with Gasteiger partial charge in [0.2, 0.25) is 11.9 Å². The number of ether oxygens (including phenoxy) is 1. The topological polar surface area (TPSA) is 96.5 Å². The Kier molecular flexibility index (Phi) is 5.54. The number of hydrogen-bond acceptors (Lipinski definition) is 9. The molecule has 2 saturated heterocycles. The molecule has 1 atom stereocenters. The van der Waals surface area contributed by atoms with Crippen LogP contribution in [0.15, 0.2) is 12.4 Å². The summed E-state index contributed by atoms with van der Waals surface area (Å²) in [5.74, 6) is 1.75. The van der Waals surface area contributed by atoms with Gasteiger partial charge in [-0.1, -0.05) is 0 Å². The van der Waals surface area contributed by atoms with E-state index in [4.69, 9.17) is 20.4 Å². The maximum Gasteiger partial charge on any atom is 0.251 e. The number of nitrogens with zero attached hydrogens (tertiary/aromatic N) is 7. The third-order valence-corrected chi connectivity index (χ3v) is 6.63. The van der Waals surface area contributed by atoms with Gasteiger partial charge in [-0.2, -0.15) is 4.98 Å². The lowest BCUT2D eigenvalue weighted by molar-refractivity contribution is 0.0972. The maximum atomic E-state index is 13.0. The standard InChI is InChI=1S/C21H28F2N8O/c1-21(3-5-29(13-21)12-16(22)23)31-4-2-15-17(14-10-25-19(24)26-11-14)27-20(28-18(15)31)30-6-8-32-9-7-30/h10-11,16H,2-9,12-13H2,1H3,(H2,24,25,26)/t21-/m0/s1. The van der Waals surface area contributed by atoms with Crippen molar-refractivity contribution in [3.05, 3.63) is 18.0 Å². The first-order chi connectivity index (χ1) is 15.4. The Morgan fingerprint density at radius 2 is 1.88 bits per heavy atom. The lowest BCUT2D eigenvalue weighted by Crippen LogP contribution is -2.48. The van der Waals surface area contributed by atoms with E-state index in [0.29, 0.717) is 32.3 Å². The predicted octanol–water partition coefficient (Wildman–Crippen LogP) is 1.44. The number of nitrogens with two attached hydrogens (primary N) is 1. The van der Waals surface area contributed by atoms with E-state index >= 15 is 0 Å². The molecule has 0 aromatic carbocycles. The molecule has 0 spiro atoms. The SMILES string of the molecule is C[C@]1(N2CCc3c(-c4cnc(N)nc4)nc(N4CCOCC4)nc32)CCN(CC(F)F)C1. The van der Waals surface area contributed by atoms with Crippen LogP contribution in [0.2, 0.25) is 0 Å². The summed E-state index contributed by atoms with van der Waals surface area (Å²) in [6, 6.07) is 0. The second kappa shape index (κ2) is 8.36. The molecular formula is C21H28F2N8O. The van der Waals surface area contributed by atoms with Crippen LogP contribution in [0.25, 0.3) is 11.3 Å². The normalized spacial score (nSPS) is 23.9. The zero-order valence-electron chi connectivity index (χ0n) is 18.2. The van der Waals surface area contributed by atoms with E-state index in [0.717, 1.165) is 55.1 Å². The van der Waals surface area contributed by atoms with Crippen molar-refractivity contribution in [1.82, 2.24) is 24.8 Å². The average molecular weight is 447 g/mol. The van der Waals surface area contributed by atoms with Crippen molar-refractivity contribution in [2.24, 2.45) is 0 Å². The van der Waals surface area contributed by atoms with Crippen LogP contribution in [0.1, 0.15) is 18.9 Å². The van der Waals surface area contributed by atoms with E-state index in [1.54, 1.807) is 12.4 Å². The molecule has 2 fully saturated rings. The van der Waals surface area contributed by atoms with E-state index in [1.807, 2.05) is 4.90 Å².